The van der Waals surface area contributed by atoms with E-state index in [1.54, 1.807) is 0 Å². The number of carbonyl (C=O) groups excluding carboxylic acids is 2. The Hall–Kier alpha value is -2.29. The highest BCUT2D eigenvalue weighted by Gasteiger charge is 2.41. The van der Waals surface area contributed by atoms with E-state index in [9.17, 15) is 14.4 Å². The van der Waals surface area contributed by atoms with Crippen molar-refractivity contribution < 1.29 is 9.59 Å². The topological polar surface area (TPSA) is 84.6 Å². The van der Waals surface area contributed by atoms with Crippen molar-refractivity contribution in [2.75, 3.05) is 4.90 Å². The summed E-state index contributed by atoms with van der Waals surface area (Å²) in [6.45, 7) is 0. The Morgan fingerprint density at radius 1 is 1.04 bits per heavy atom. The van der Waals surface area contributed by atoms with Gasteiger partial charge in [-0.2, -0.15) is 14.6 Å². The third-order valence-electron chi connectivity index (χ3n) is 3.26. The summed E-state index contributed by atoms with van der Waals surface area (Å²) >= 11 is 12.7. The quantitative estimate of drug-likeness (QED) is 0.616. The van der Waals surface area contributed by atoms with Crippen LogP contribution in [0.5, 0.6) is 0 Å². The number of hydrogen-bond donors (Lipinski definition) is 0. The summed E-state index contributed by atoms with van der Waals surface area (Å²) in [5.41, 5.74) is -0.153. The molecule has 23 heavy (non-hydrogen) atoms. The molecule has 0 saturated heterocycles. The predicted octanol–water partition coefficient (Wildman–Crippen LogP) is 2.26. The van der Waals surface area contributed by atoms with Crippen LogP contribution in [0.25, 0.3) is 4.96 Å². The number of nitrogens with zero attached hydrogens (tertiary/aromatic N) is 4. The van der Waals surface area contributed by atoms with E-state index >= 15 is 0 Å². The van der Waals surface area contributed by atoms with Gasteiger partial charge in [-0.3, -0.25) is 14.4 Å². The van der Waals surface area contributed by atoms with Gasteiger partial charge in [0, 0.05) is 0 Å². The van der Waals surface area contributed by atoms with Crippen LogP contribution in [0.15, 0.2) is 29.2 Å². The molecule has 0 saturated carbocycles. The molecule has 2 aromatic heterocycles. The van der Waals surface area contributed by atoms with Gasteiger partial charge >= 0.3 is 0 Å². The third kappa shape index (κ3) is 1.99. The summed E-state index contributed by atoms with van der Waals surface area (Å²) in [4.78, 5) is 41.5. The van der Waals surface area contributed by atoms with E-state index < -0.39 is 17.4 Å². The predicted molar refractivity (Wildman–Crippen MR) is 84.7 cm³/mol. The lowest BCUT2D eigenvalue weighted by Crippen LogP contribution is -2.30. The van der Waals surface area contributed by atoms with E-state index in [2.05, 4.69) is 10.1 Å². The van der Waals surface area contributed by atoms with Crippen molar-refractivity contribution >= 4 is 57.0 Å². The van der Waals surface area contributed by atoms with Crippen LogP contribution >= 0.6 is 34.5 Å². The van der Waals surface area contributed by atoms with Crippen LogP contribution in [0.2, 0.25) is 10.0 Å². The van der Waals surface area contributed by atoms with E-state index in [4.69, 9.17) is 23.2 Å². The molecule has 0 N–H and O–H groups in total. The van der Waals surface area contributed by atoms with Gasteiger partial charge < -0.3 is 0 Å². The van der Waals surface area contributed by atoms with Gasteiger partial charge in [0.15, 0.2) is 5.69 Å². The van der Waals surface area contributed by atoms with E-state index in [0.29, 0.717) is 10.7 Å². The molecule has 4 rings (SSSR count). The molecule has 0 fully saturated rings. The monoisotopic (exact) mass is 366 g/mol. The Labute approximate surface area is 141 Å². The maximum absolute atomic E-state index is 12.6. The molecule has 1 aliphatic rings. The minimum atomic E-state index is -0.562. The van der Waals surface area contributed by atoms with Gasteiger partial charge in [-0.25, -0.2) is 4.90 Å². The highest BCUT2D eigenvalue weighted by atomic mass is 35.5. The average Bonchev–Trinajstić information content (AvgIpc) is 2.99. The smallest absolute Gasteiger partial charge is 0.267 e. The van der Waals surface area contributed by atoms with Crippen molar-refractivity contribution in [1.29, 1.82) is 0 Å². The molecule has 7 nitrogen and oxygen atoms in total. The van der Waals surface area contributed by atoms with Gasteiger partial charge in [0.05, 0.1) is 15.7 Å². The zero-order valence-corrected chi connectivity index (χ0v) is 13.3. The maximum atomic E-state index is 12.6. The molecule has 0 aliphatic carbocycles. The first-order valence-electron chi connectivity index (χ1n) is 6.20. The number of anilines is 1. The normalized spacial score (nSPS) is 13.9. The zero-order valence-electron chi connectivity index (χ0n) is 11.0. The first-order chi connectivity index (χ1) is 11.0. The number of amides is 2. The number of imide groups is 1. The number of halogens is 2. The van der Waals surface area contributed by atoms with Crippen molar-refractivity contribution in [3.05, 3.63) is 55.4 Å². The highest BCUT2D eigenvalue weighted by molar-refractivity contribution is 7.19. The number of hydrogen-bond acceptors (Lipinski definition) is 6. The molecule has 1 aromatic carbocycles. The van der Waals surface area contributed by atoms with Crippen molar-refractivity contribution in [2.24, 2.45) is 0 Å². The molecule has 0 atom stereocenters. The lowest BCUT2D eigenvalue weighted by atomic mass is 10.3. The molecule has 10 heteroatoms. The molecule has 2 amide bonds. The van der Waals surface area contributed by atoms with Gasteiger partial charge in [0.1, 0.15) is 11.1 Å². The standard InChI is InChI=1S/C13H4Cl2N4O3S/c14-6-2-1-5(3-7(6)15)18-11(21)9-10(12(18)22)23-13-17-8(20)4-16-19(9)13/h1-4H. The van der Waals surface area contributed by atoms with Crippen molar-refractivity contribution in [2.45, 2.75) is 0 Å². The number of benzene rings is 1. The van der Waals surface area contributed by atoms with Gasteiger partial charge in [-0.15, -0.1) is 0 Å². The summed E-state index contributed by atoms with van der Waals surface area (Å²) in [6.07, 6.45) is 0.986. The summed E-state index contributed by atoms with van der Waals surface area (Å²) in [5.74, 6) is -1.08. The highest BCUT2D eigenvalue weighted by Crippen LogP contribution is 2.35. The minimum absolute atomic E-state index is 0.0774. The van der Waals surface area contributed by atoms with Gasteiger partial charge in [0.2, 0.25) is 4.96 Å². The lowest BCUT2D eigenvalue weighted by Gasteiger charge is -2.14. The van der Waals surface area contributed by atoms with E-state index in [0.717, 1.165) is 22.4 Å². The number of rotatable bonds is 1. The SMILES string of the molecule is O=C1c2sc3nc(=O)cnn3c2C(=O)N1c1ccc(Cl)c(Cl)c1. The Morgan fingerprint density at radius 2 is 1.83 bits per heavy atom. The van der Waals surface area contributed by atoms with Crippen LogP contribution in [-0.2, 0) is 0 Å². The lowest BCUT2D eigenvalue weighted by molar-refractivity contribution is 0.0924. The number of carbonyl (C=O) groups is 2. The second kappa shape index (κ2) is 4.85. The third-order valence-corrected chi connectivity index (χ3v) is 5.01. The Morgan fingerprint density at radius 3 is 2.57 bits per heavy atom. The zero-order chi connectivity index (χ0) is 16.3. The van der Waals surface area contributed by atoms with E-state index in [1.165, 1.54) is 22.7 Å². The molecule has 0 spiro atoms. The van der Waals surface area contributed by atoms with Gasteiger partial charge in [0.25, 0.3) is 17.4 Å². The summed E-state index contributed by atoms with van der Waals surface area (Å²) < 4.78 is 1.19. The van der Waals surface area contributed by atoms with Crippen LogP contribution in [0.1, 0.15) is 20.2 Å². The molecule has 0 radical (unpaired) electrons. The molecule has 114 valence electrons. The molecule has 0 unspecified atom stereocenters. The fourth-order valence-corrected chi connectivity index (χ4v) is 3.56. The second-order valence-electron chi connectivity index (χ2n) is 4.61. The number of aromatic nitrogens is 3. The Bertz CT molecular complexity index is 1070. The van der Waals surface area contributed by atoms with Crippen LogP contribution < -0.4 is 10.5 Å². The first-order valence-corrected chi connectivity index (χ1v) is 7.77. The molecule has 0 bridgehead atoms. The Kier molecular flexibility index (Phi) is 3.02. The van der Waals surface area contributed by atoms with Gasteiger partial charge in [-0.05, 0) is 18.2 Å². The summed E-state index contributed by atoms with van der Waals surface area (Å²) in [5, 5.41) is 4.41. The fourth-order valence-electron chi connectivity index (χ4n) is 2.27. The van der Waals surface area contributed by atoms with Crippen LogP contribution in [0, 0.1) is 0 Å². The van der Waals surface area contributed by atoms with Gasteiger partial charge in [-0.1, -0.05) is 34.5 Å². The molecular weight excluding hydrogens is 363 g/mol. The molecular formula is C13H4Cl2N4O3S. The van der Waals surface area contributed by atoms with E-state index in [-0.39, 0.29) is 20.6 Å². The second-order valence-corrected chi connectivity index (χ2v) is 6.40. The van der Waals surface area contributed by atoms with Crippen molar-refractivity contribution in [1.82, 2.24) is 14.6 Å². The summed E-state index contributed by atoms with van der Waals surface area (Å²) in [6, 6.07) is 4.46. The maximum Gasteiger partial charge on any atom is 0.292 e. The van der Waals surface area contributed by atoms with Crippen molar-refractivity contribution in [3.63, 3.8) is 0 Å². The minimum Gasteiger partial charge on any atom is -0.267 e. The van der Waals surface area contributed by atoms with E-state index in [1.807, 2.05) is 0 Å². The largest absolute Gasteiger partial charge is 0.292 e. The Balaban J connectivity index is 1.90. The molecule has 1 aliphatic heterocycles. The molecule has 3 aromatic rings. The van der Waals surface area contributed by atoms with Crippen LogP contribution in [0.4, 0.5) is 5.69 Å². The summed E-state index contributed by atoms with van der Waals surface area (Å²) in [7, 11) is 0. The number of fused-ring (bicyclic) bond motifs is 3. The fraction of sp³-hybridized carbons (Fsp3) is 0. The van der Waals surface area contributed by atoms with Crippen LogP contribution in [-0.4, -0.2) is 26.4 Å². The first kappa shape index (κ1) is 14.3. The molecule has 3 heterocycles. The average molecular weight is 367 g/mol. The number of thiazole rings is 1. The van der Waals surface area contributed by atoms with Crippen molar-refractivity contribution in [3.8, 4) is 0 Å². The van der Waals surface area contributed by atoms with Crippen LogP contribution in [0.3, 0.4) is 0 Å².